The second kappa shape index (κ2) is 8.05. The van der Waals surface area contributed by atoms with E-state index in [1.165, 1.54) is 5.01 Å². The van der Waals surface area contributed by atoms with Gasteiger partial charge in [0, 0.05) is 18.4 Å². The number of carbonyl (C=O) groups is 2. The number of hydrogen-bond acceptors (Lipinski definition) is 7. The molecule has 2 heterocycles. The molecule has 1 amide bonds. The van der Waals surface area contributed by atoms with E-state index in [1.807, 2.05) is 37.3 Å². The van der Waals surface area contributed by atoms with E-state index in [1.54, 1.807) is 24.3 Å². The first kappa shape index (κ1) is 18.5. The number of anilines is 1. The zero-order valence-corrected chi connectivity index (χ0v) is 15.7. The minimum absolute atomic E-state index is 0.171. The van der Waals surface area contributed by atoms with Crippen LogP contribution >= 0.6 is 0 Å². The first-order chi connectivity index (χ1) is 14.1. The summed E-state index contributed by atoms with van der Waals surface area (Å²) in [5, 5.41) is 9.30. The van der Waals surface area contributed by atoms with Gasteiger partial charge < -0.3 is 9.26 Å². The van der Waals surface area contributed by atoms with Crippen molar-refractivity contribution in [1.82, 2.24) is 10.1 Å². The lowest BCUT2D eigenvalue weighted by molar-refractivity contribution is -0.137. The van der Waals surface area contributed by atoms with Gasteiger partial charge in [-0.15, -0.1) is 0 Å². The van der Waals surface area contributed by atoms with Gasteiger partial charge in [-0.05, 0) is 19.1 Å². The Morgan fingerprint density at radius 1 is 1.10 bits per heavy atom. The summed E-state index contributed by atoms with van der Waals surface area (Å²) in [6.45, 7) is 1.82. The zero-order valence-electron chi connectivity index (χ0n) is 15.7. The van der Waals surface area contributed by atoms with Crippen molar-refractivity contribution in [2.75, 3.05) is 5.01 Å². The second-order valence-electron chi connectivity index (χ2n) is 6.54. The fraction of sp³-hybridized carbons (Fsp3) is 0.190. The Labute approximate surface area is 166 Å². The van der Waals surface area contributed by atoms with Crippen molar-refractivity contribution >= 4 is 23.3 Å². The van der Waals surface area contributed by atoms with Crippen LogP contribution < -0.4 is 5.01 Å². The van der Waals surface area contributed by atoms with E-state index in [4.69, 9.17) is 9.26 Å². The quantitative estimate of drug-likeness (QED) is 0.620. The lowest BCUT2D eigenvalue weighted by atomic mass is 10.1. The summed E-state index contributed by atoms with van der Waals surface area (Å²) >= 11 is 0. The molecule has 0 saturated carbocycles. The van der Waals surface area contributed by atoms with Gasteiger partial charge >= 0.3 is 5.97 Å². The number of hydrogen-bond donors (Lipinski definition) is 0. The topological polar surface area (TPSA) is 97.9 Å². The van der Waals surface area contributed by atoms with Crippen molar-refractivity contribution in [1.29, 1.82) is 0 Å². The van der Waals surface area contributed by atoms with Crippen LogP contribution in [0.25, 0.3) is 11.4 Å². The molecule has 0 bridgehead atoms. The van der Waals surface area contributed by atoms with Crippen molar-refractivity contribution in [3.05, 3.63) is 66.1 Å². The number of aryl methyl sites for hydroxylation is 1. The van der Waals surface area contributed by atoms with Gasteiger partial charge in [-0.1, -0.05) is 53.2 Å². The summed E-state index contributed by atoms with van der Waals surface area (Å²) in [7, 11) is 0. The molecule has 0 aliphatic carbocycles. The first-order valence-electron chi connectivity index (χ1n) is 9.12. The molecule has 0 saturated heterocycles. The molecular weight excluding hydrogens is 372 g/mol. The molecule has 1 aliphatic rings. The van der Waals surface area contributed by atoms with Gasteiger partial charge in [-0.25, -0.2) is 9.80 Å². The highest BCUT2D eigenvalue weighted by atomic mass is 16.6. The molecule has 0 unspecified atom stereocenters. The molecule has 0 radical (unpaired) electrons. The van der Waals surface area contributed by atoms with Gasteiger partial charge in [0.2, 0.25) is 11.7 Å². The Bertz CT molecular complexity index is 1060. The summed E-state index contributed by atoms with van der Waals surface area (Å²) in [6.07, 6.45) is 0.403. The lowest BCUT2D eigenvalue weighted by Gasteiger charge is -2.22. The fourth-order valence-electron chi connectivity index (χ4n) is 2.82. The number of para-hydroxylation sites is 1. The number of carbonyl (C=O) groups excluding carboxylic acids is 2. The molecule has 29 heavy (non-hydrogen) atoms. The summed E-state index contributed by atoms with van der Waals surface area (Å²) in [4.78, 5) is 28.8. The number of amides is 1. The second-order valence-corrected chi connectivity index (χ2v) is 6.54. The molecule has 8 nitrogen and oxygen atoms in total. The maximum absolute atomic E-state index is 12.4. The highest BCUT2D eigenvalue weighted by Gasteiger charge is 2.26. The Morgan fingerprint density at radius 2 is 1.86 bits per heavy atom. The molecule has 1 aliphatic heterocycles. The van der Waals surface area contributed by atoms with Gasteiger partial charge in [0.25, 0.3) is 5.89 Å². The van der Waals surface area contributed by atoms with Crippen LogP contribution in [-0.2, 0) is 20.9 Å². The van der Waals surface area contributed by atoms with Crippen LogP contribution in [0.1, 0.15) is 24.3 Å². The summed E-state index contributed by atoms with van der Waals surface area (Å²) in [5.74, 6) is -0.186. The van der Waals surface area contributed by atoms with Crippen LogP contribution in [0.15, 0.2) is 64.2 Å². The van der Waals surface area contributed by atoms with Crippen molar-refractivity contribution < 1.29 is 18.8 Å². The summed E-state index contributed by atoms with van der Waals surface area (Å²) in [6, 6.07) is 16.6. The van der Waals surface area contributed by atoms with E-state index in [0.29, 0.717) is 11.5 Å². The molecule has 2 aromatic carbocycles. The van der Waals surface area contributed by atoms with Crippen LogP contribution in [0.4, 0.5) is 5.69 Å². The molecular formula is C21H18N4O4. The number of nitrogens with zero attached hydrogens (tertiary/aromatic N) is 4. The minimum atomic E-state index is -0.617. The highest BCUT2D eigenvalue weighted by Crippen LogP contribution is 2.20. The van der Waals surface area contributed by atoms with Crippen molar-refractivity contribution in [3.63, 3.8) is 0 Å². The molecule has 0 fully saturated rings. The maximum atomic E-state index is 12.4. The minimum Gasteiger partial charge on any atom is -0.451 e. The van der Waals surface area contributed by atoms with Gasteiger partial charge in [0.15, 0.2) is 6.61 Å². The normalized spacial score (nSPS) is 13.9. The lowest BCUT2D eigenvalue weighted by Crippen LogP contribution is -2.34. The standard InChI is InChI=1S/C21H18N4O4/c1-14-7-9-15(10-8-14)20-22-18(29-24-20)13-28-21(27)17-11-12-19(26)25(23-17)16-5-3-2-4-6-16/h2-10H,11-13H2,1H3. The third kappa shape index (κ3) is 4.21. The van der Waals surface area contributed by atoms with E-state index in [2.05, 4.69) is 15.2 Å². The van der Waals surface area contributed by atoms with Crippen LogP contribution in [0.3, 0.4) is 0 Å². The maximum Gasteiger partial charge on any atom is 0.355 e. The van der Waals surface area contributed by atoms with E-state index in [0.717, 1.165) is 11.1 Å². The molecule has 0 atom stereocenters. The van der Waals surface area contributed by atoms with Gasteiger partial charge in [0.1, 0.15) is 5.71 Å². The Hall–Kier alpha value is -3.81. The van der Waals surface area contributed by atoms with Gasteiger partial charge in [-0.2, -0.15) is 10.1 Å². The Morgan fingerprint density at radius 3 is 2.62 bits per heavy atom. The van der Waals surface area contributed by atoms with Crippen LogP contribution in [0.2, 0.25) is 0 Å². The SMILES string of the molecule is Cc1ccc(-c2noc(COC(=O)C3=NN(c4ccccc4)C(=O)CC3)n2)cc1. The fourth-order valence-corrected chi connectivity index (χ4v) is 2.82. The molecule has 1 aromatic heterocycles. The molecule has 0 N–H and O–H groups in total. The van der Waals surface area contributed by atoms with E-state index >= 15 is 0 Å². The average Bonchev–Trinajstić information content (AvgIpc) is 3.22. The highest BCUT2D eigenvalue weighted by molar-refractivity contribution is 6.37. The zero-order chi connectivity index (χ0) is 20.2. The number of hydrazone groups is 1. The van der Waals surface area contributed by atoms with Crippen LogP contribution in [-0.4, -0.2) is 27.7 Å². The average molecular weight is 390 g/mol. The molecule has 146 valence electrons. The smallest absolute Gasteiger partial charge is 0.355 e. The number of rotatable bonds is 5. The predicted octanol–water partition coefficient (Wildman–Crippen LogP) is 3.27. The van der Waals surface area contributed by atoms with Crippen molar-refractivity contribution in [2.45, 2.75) is 26.4 Å². The number of esters is 1. The number of ether oxygens (including phenoxy) is 1. The van der Waals surface area contributed by atoms with E-state index in [-0.39, 0.29) is 37.0 Å². The van der Waals surface area contributed by atoms with Crippen molar-refractivity contribution in [3.8, 4) is 11.4 Å². The third-order valence-corrected chi connectivity index (χ3v) is 4.37. The predicted molar refractivity (Wildman–Crippen MR) is 105 cm³/mol. The molecule has 0 spiro atoms. The number of benzene rings is 2. The van der Waals surface area contributed by atoms with Crippen molar-refractivity contribution in [2.24, 2.45) is 5.10 Å². The van der Waals surface area contributed by atoms with Crippen LogP contribution in [0.5, 0.6) is 0 Å². The molecule has 3 aromatic rings. The first-order valence-corrected chi connectivity index (χ1v) is 9.12. The molecule has 8 heteroatoms. The Kier molecular flexibility index (Phi) is 5.15. The summed E-state index contributed by atoms with van der Waals surface area (Å²) in [5.41, 5.74) is 2.71. The number of aromatic nitrogens is 2. The van der Waals surface area contributed by atoms with Gasteiger partial charge in [0.05, 0.1) is 5.69 Å². The molecule has 4 rings (SSSR count). The largest absolute Gasteiger partial charge is 0.451 e. The Balaban J connectivity index is 1.42. The van der Waals surface area contributed by atoms with Gasteiger partial charge in [-0.3, -0.25) is 4.79 Å². The van der Waals surface area contributed by atoms with E-state index < -0.39 is 5.97 Å². The monoisotopic (exact) mass is 390 g/mol. The van der Waals surface area contributed by atoms with E-state index in [9.17, 15) is 9.59 Å². The third-order valence-electron chi connectivity index (χ3n) is 4.37. The summed E-state index contributed by atoms with van der Waals surface area (Å²) < 4.78 is 10.4. The van der Waals surface area contributed by atoms with Crippen LogP contribution in [0, 0.1) is 6.92 Å².